The molecule has 1 amide bonds. The fourth-order valence-corrected chi connectivity index (χ4v) is 3.19. The zero-order chi connectivity index (χ0) is 16.4. The number of carbonyl (C=O) groups excluding carboxylic acids is 1. The molecule has 0 bridgehead atoms. The van der Waals surface area contributed by atoms with Gasteiger partial charge in [0.15, 0.2) is 0 Å². The first kappa shape index (κ1) is 14.9. The normalized spacial score (nSPS) is 22.0. The van der Waals surface area contributed by atoms with E-state index in [1.165, 1.54) is 12.4 Å². The van der Waals surface area contributed by atoms with Crippen molar-refractivity contribution in [3.8, 4) is 5.88 Å². The first-order chi connectivity index (χ1) is 11.7. The van der Waals surface area contributed by atoms with Gasteiger partial charge in [0.2, 0.25) is 5.88 Å². The smallest absolute Gasteiger partial charge is 0.274 e. The Morgan fingerprint density at radius 3 is 2.67 bits per heavy atom. The lowest BCUT2D eigenvalue weighted by Crippen LogP contribution is -2.67. The molecule has 124 valence electrons. The molecule has 0 aromatic carbocycles. The average molecular weight is 327 g/mol. The average Bonchev–Trinajstić information content (AvgIpc) is 2.61. The van der Waals surface area contributed by atoms with Gasteiger partial charge in [0.05, 0.1) is 32.1 Å². The van der Waals surface area contributed by atoms with E-state index in [0.29, 0.717) is 31.3 Å². The van der Waals surface area contributed by atoms with Crippen LogP contribution in [0.25, 0.3) is 0 Å². The van der Waals surface area contributed by atoms with Crippen LogP contribution in [0.15, 0.2) is 37.2 Å². The fraction of sp³-hybridized carbons (Fsp3) is 0.438. The summed E-state index contributed by atoms with van der Waals surface area (Å²) in [6.07, 6.45) is 10.9. The van der Waals surface area contributed by atoms with E-state index in [1.54, 1.807) is 29.7 Å². The molecule has 1 spiro atoms. The van der Waals surface area contributed by atoms with Crippen LogP contribution in [0.2, 0.25) is 0 Å². The van der Waals surface area contributed by atoms with Crippen LogP contribution in [0.3, 0.4) is 0 Å². The number of carbonyl (C=O) groups is 1. The molecular weight excluding hydrogens is 310 g/mol. The van der Waals surface area contributed by atoms with Crippen LogP contribution in [0.4, 0.5) is 0 Å². The summed E-state index contributed by atoms with van der Waals surface area (Å²) < 4.78 is 11.8. The highest BCUT2D eigenvalue weighted by molar-refractivity contribution is 5.92. The molecule has 2 fully saturated rings. The molecule has 1 atom stereocenters. The first-order valence-corrected chi connectivity index (χ1v) is 7.86. The molecule has 4 heterocycles. The van der Waals surface area contributed by atoms with Crippen LogP contribution in [0.1, 0.15) is 23.3 Å². The largest absolute Gasteiger partial charge is 0.473 e. The Bertz CT molecular complexity index is 706. The topological polar surface area (TPSA) is 90.3 Å². The number of likely N-dealkylation sites (tertiary alicyclic amines) is 1. The van der Waals surface area contributed by atoms with Crippen LogP contribution in [0.5, 0.6) is 5.88 Å². The molecule has 2 aromatic rings. The summed E-state index contributed by atoms with van der Waals surface area (Å²) in [5.74, 6) is 0.403. The first-order valence-electron chi connectivity index (χ1n) is 7.86. The third-order valence-electron chi connectivity index (χ3n) is 4.30. The molecule has 0 saturated carbocycles. The minimum atomic E-state index is -0.330. The van der Waals surface area contributed by atoms with Gasteiger partial charge in [0.25, 0.3) is 5.91 Å². The van der Waals surface area contributed by atoms with Crippen molar-refractivity contribution >= 4 is 5.91 Å². The Labute approximate surface area is 138 Å². The van der Waals surface area contributed by atoms with E-state index in [-0.39, 0.29) is 17.6 Å². The maximum atomic E-state index is 12.3. The number of ether oxygens (including phenoxy) is 2. The number of rotatable bonds is 3. The predicted octanol–water partition coefficient (Wildman–Crippen LogP) is 0.719. The highest BCUT2D eigenvalue weighted by Crippen LogP contribution is 2.36. The SMILES string of the molecule is O=C(c1cnccn1)N1CC2(C[C@H](Oc3cnccn3)CCO2)C1. The van der Waals surface area contributed by atoms with E-state index in [2.05, 4.69) is 19.9 Å². The lowest BCUT2D eigenvalue weighted by atomic mass is 9.84. The molecule has 2 saturated heterocycles. The lowest BCUT2D eigenvalue weighted by Gasteiger charge is -2.52. The minimum absolute atomic E-state index is 0.0178. The summed E-state index contributed by atoms with van der Waals surface area (Å²) >= 11 is 0. The summed E-state index contributed by atoms with van der Waals surface area (Å²) in [5, 5.41) is 0. The zero-order valence-electron chi connectivity index (χ0n) is 13.0. The zero-order valence-corrected chi connectivity index (χ0v) is 13.0. The number of amides is 1. The van der Waals surface area contributed by atoms with Crippen LogP contribution >= 0.6 is 0 Å². The van der Waals surface area contributed by atoms with E-state index < -0.39 is 0 Å². The molecule has 0 N–H and O–H groups in total. The summed E-state index contributed by atoms with van der Waals surface area (Å²) in [4.78, 5) is 30.2. The van der Waals surface area contributed by atoms with E-state index in [9.17, 15) is 4.79 Å². The Kier molecular flexibility index (Phi) is 3.81. The third-order valence-corrected chi connectivity index (χ3v) is 4.30. The van der Waals surface area contributed by atoms with Gasteiger partial charge in [-0.1, -0.05) is 0 Å². The molecule has 4 rings (SSSR count). The van der Waals surface area contributed by atoms with E-state index in [1.807, 2.05) is 0 Å². The van der Waals surface area contributed by atoms with Gasteiger partial charge < -0.3 is 14.4 Å². The number of hydrogen-bond acceptors (Lipinski definition) is 7. The van der Waals surface area contributed by atoms with Gasteiger partial charge in [-0.25, -0.2) is 9.97 Å². The number of nitrogens with zero attached hydrogens (tertiary/aromatic N) is 5. The Morgan fingerprint density at radius 2 is 1.96 bits per heavy atom. The van der Waals surface area contributed by atoms with Gasteiger partial charge in [-0.2, -0.15) is 0 Å². The van der Waals surface area contributed by atoms with Crippen molar-refractivity contribution in [2.24, 2.45) is 0 Å². The van der Waals surface area contributed by atoms with Crippen molar-refractivity contribution in [1.29, 1.82) is 0 Å². The Morgan fingerprint density at radius 1 is 1.17 bits per heavy atom. The molecule has 0 unspecified atom stereocenters. The van der Waals surface area contributed by atoms with E-state index >= 15 is 0 Å². The lowest BCUT2D eigenvalue weighted by molar-refractivity contribution is -0.174. The summed E-state index contributed by atoms with van der Waals surface area (Å²) in [7, 11) is 0. The van der Waals surface area contributed by atoms with Gasteiger partial charge in [0.1, 0.15) is 17.4 Å². The predicted molar refractivity (Wildman–Crippen MR) is 82.3 cm³/mol. The highest BCUT2D eigenvalue weighted by Gasteiger charge is 2.50. The van der Waals surface area contributed by atoms with Crippen LogP contribution in [0, 0.1) is 0 Å². The molecule has 2 aliphatic rings. The summed E-state index contributed by atoms with van der Waals surface area (Å²) in [6.45, 7) is 1.70. The van der Waals surface area contributed by atoms with Crippen LogP contribution < -0.4 is 4.74 Å². The summed E-state index contributed by atoms with van der Waals surface area (Å²) in [6, 6.07) is 0. The van der Waals surface area contributed by atoms with Crippen LogP contribution in [-0.4, -0.2) is 62.1 Å². The van der Waals surface area contributed by atoms with Gasteiger partial charge in [-0.05, 0) is 0 Å². The second kappa shape index (κ2) is 6.12. The Hall–Kier alpha value is -2.61. The van der Waals surface area contributed by atoms with E-state index in [4.69, 9.17) is 9.47 Å². The van der Waals surface area contributed by atoms with Gasteiger partial charge in [-0.3, -0.25) is 14.8 Å². The second-order valence-electron chi connectivity index (χ2n) is 6.06. The van der Waals surface area contributed by atoms with Crippen molar-refractivity contribution in [3.63, 3.8) is 0 Å². The highest BCUT2D eigenvalue weighted by atomic mass is 16.5. The summed E-state index contributed by atoms with van der Waals surface area (Å²) in [5.41, 5.74) is 0.0266. The van der Waals surface area contributed by atoms with E-state index in [0.717, 1.165) is 12.8 Å². The van der Waals surface area contributed by atoms with Gasteiger partial charge >= 0.3 is 0 Å². The maximum absolute atomic E-state index is 12.3. The van der Waals surface area contributed by atoms with Crippen molar-refractivity contribution in [2.75, 3.05) is 19.7 Å². The van der Waals surface area contributed by atoms with Crippen molar-refractivity contribution < 1.29 is 14.3 Å². The van der Waals surface area contributed by atoms with Crippen molar-refractivity contribution in [3.05, 3.63) is 42.9 Å². The molecular formula is C16H17N5O3. The molecule has 0 aliphatic carbocycles. The number of aromatic nitrogens is 4. The van der Waals surface area contributed by atoms with Crippen molar-refractivity contribution in [2.45, 2.75) is 24.5 Å². The molecule has 8 heteroatoms. The monoisotopic (exact) mass is 327 g/mol. The van der Waals surface area contributed by atoms with Crippen LogP contribution in [-0.2, 0) is 4.74 Å². The van der Waals surface area contributed by atoms with Crippen molar-refractivity contribution in [1.82, 2.24) is 24.8 Å². The molecule has 8 nitrogen and oxygen atoms in total. The van der Waals surface area contributed by atoms with Gasteiger partial charge in [-0.15, -0.1) is 0 Å². The Balaban J connectivity index is 1.36. The quantitative estimate of drug-likeness (QED) is 0.820. The fourth-order valence-electron chi connectivity index (χ4n) is 3.19. The molecule has 24 heavy (non-hydrogen) atoms. The van der Waals surface area contributed by atoms with Gasteiger partial charge in [0, 0.05) is 37.6 Å². The second-order valence-corrected chi connectivity index (χ2v) is 6.06. The molecule has 0 radical (unpaired) electrons. The number of hydrogen-bond donors (Lipinski definition) is 0. The standard InChI is InChI=1S/C16H17N5O3/c22-15(13-8-17-2-4-19-13)21-10-16(11-21)7-12(1-6-23-16)24-14-9-18-3-5-20-14/h2-5,8-9,12H,1,6-7,10-11H2/t12-/m1/s1. The molecule has 2 aliphatic heterocycles. The third kappa shape index (κ3) is 2.92. The minimum Gasteiger partial charge on any atom is -0.473 e. The molecule has 2 aromatic heterocycles. The maximum Gasteiger partial charge on any atom is 0.274 e.